The van der Waals surface area contributed by atoms with Gasteiger partial charge in [0.15, 0.2) is 0 Å². The molecule has 0 atom stereocenters. The van der Waals surface area contributed by atoms with E-state index >= 15 is 0 Å². The highest BCUT2D eigenvalue weighted by Gasteiger charge is 2.12. The van der Waals surface area contributed by atoms with Gasteiger partial charge in [0, 0.05) is 5.92 Å². The van der Waals surface area contributed by atoms with Crippen LogP contribution in [0.5, 0.6) is 5.88 Å². The fraction of sp³-hybridized carbons (Fsp3) is 0.500. The molecule has 0 bridgehead atoms. The van der Waals surface area contributed by atoms with Crippen molar-refractivity contribution in [3.05, 3.63) is 17.3 Å². The molecule has 0 aliphatic rings. The normalized spacial score (nSPS) is 10.8. The van der Waals surface area contributed by atoms with Crippen LogP contribution in [0.4, 0.5) is 4.39 Å². The average molecular weight is 170 g/mol. The lowest BCUT2D eigenvalue weighted by molar-refractivity contribution is 0.423. The molecule has 1 N–H and O–H groups in total. The first-order valence-corrected chi connectivity index (χ1v) is 3.75. The van der Waals surface area contributed by atoms with Crippen LogP contribution < -0.4 is 0 Å². The molecule has 0 unspecified atom stereocenters. The highest BCUT2D eigenvalue weighted by molar-refractivity contribution is 5.21. The molecule has 0 amide bonds. The molecule has 0 fully saturated rings. The first-order valence-electron chi connectivity index (χ1n) is 3.75. The molecule has 1 heterocycles. The third-order valence-corrected chi connectivity index (χ3v) is 1.57. The van der Waals surface area contributed by atoms with Gasteiger partial charge in [-0.1, -0.05) is 13.8 Å². The van der Waals surface area contributed by atoms with Gasteiger partial charge >= 0.3 is 0 Å². The first-order chi connectivity index (χ1) is 5.52. The van der Waals surface area contributed by atoms with Gasteiger partial charge in [-0.2, -0.15) is 4.39 Å². The second kappa shape index (κ2) is 3.05. The van der Waals surface area contributed by atoms with Crippen molar-refractivity contribution < 1.29 is 9.50 Å². The summed E-state index contributed by atoms with van der Waals surface area (Å²) < 4.78 is 12.8. The van der Waals surface area contributed by atoms with Crippen LogP contribution in [-0.4, -0.2) is 15.1 Å². The third kappa shape index (κ3) is 1.52. The SMILES string of the molecule is Cc1nc(O)c(C(C)C)nc1F. The van der Waals surface area contributed by atoms with Crippen molar-refractivity contribution in [1.82, 2.24) is 9.97 Å². The number of hydrogen-bond donors (Lipinski definition) is 1. The second-order valence-corrected chi connectivity index (χ2v) is 2.96. The van der Waals surface area contributed by atoms with Gasteiger partial charge in [-0.15, -0.1) is 0 Å². The average Bonchev–Trinajstić information content (AvgIpc) is 1.96. The van der Waals surface area contributed by atoms with E-state index in [1.807, 2.05) is 13.8 Å². The topological polar surface area (TPSA) is 46.0 Å². The Morgan fingerprint density at radius 1 is 1.33 bits per heavy atom. The number of aromatic hydroxyl groups is 1. The lowest BCUT2D eigenvalue weighted by atomic mass is 10.1. The van der Waals surface area contributed by atoms with Crippen molar-refractivity contribution in [2.45, 2.75) is 26.7 Å². The van der Waals surface area contributed by atoms with Crippen molar-refractivity contribution in [2.24, 2.45) is 0 Å². The van der Waals surface area contributed by atoms with Crippen molar-refractivity contribution in [1.29, 1.82) is 0 Å². The molecular formula is C8H11FN2O. The Morgan fingerprint density at radius 2 is 1.92 bits per heavy atom. The van der Waals surface area contributed by atoms with E-state index in [0.717, 1.165) is 0 Å². The molecule has 66 valence electrons. The Kier molecular flexibility index (Phi) is 2.26. The lowest BCUT2D eigenvalue weighted by Crippen LogP contribution is -2.01. The summed E-state index contributed by atoms with van der Waals surface area (Å²) in [6.07, 6.45) is 0. The second-order valence-electron chi connectivity index (χ2n) is 2.96. The minimum atomic E-state index is -0.614. The fourth-order valence-corrected chi connectivity index (χ4v) is 0.886. The molecule has 0 spiro atoms. The summed E-state index contributed by atoms with van der Waals surface area (Å²) in [7, 11) is 0. The third-order valence-electron chi connectivity index (χ3n) is 1.57. The number of halogens is 1. The summed E-state index contributed by atoms with van der Waals surface area (Å²) >= 11 is 0. The van der Waals surface area contributed by atoms with Gasteiger partial charge in [-0.3, -0.25) is 0 Å². The molecule has 0 aromatic carbocycles. The Labute approximate surface area is 70.3 Å². The molecule has 12 heavy (non-hydrogen) atoms. The summed E-state index contributed by atoms with van der Waals surface area (Å²) in [5.74, 6) is -0.812. The molecule has 0 radical (unpaired) electrons. The minimum Gasteiger partial charge on any atom is -0.492 e. The maximum atomic E-state index is 12.8. The summed E-state index contributed by atoms with van der Waals surface area (Å²) in [4.78, 5) is 7.20. The standard InChI is InChI=1S/C8H11FN2O/c1-4(2)6-8(12)10-5(3)7(9)11-6/h4H,1-3H3,(H,10,12). The predicted molar refractivity (Wildman–Crippen MR) is 42.5 cm³/mol. The Hall–Kier alpha value is -1.19. The van der Waals surface area contributed by atoms with E-state index in [1.54, 1.807) is 0 Å². The Balaban J connectivity index is 3.23. The van der Waals surface area contributed by atoms with E-state index in [9.17, 15) is 9.50 Å². The van der Waals surface area contributed by atoms with E-state index in [1.165, 1.54) is 6.92 Å². The van der Waals surface area contributed by atoms with Crippen LogP contribution in [-0.2, 0) is 0 Å². The van der Waals surface area contributed by atoms with Crippen LogP contribution in [0.1, 0.15) is 31.2 Å². The summed E-state index contributed by atoms with van der Waals surface area (Å²) in [6, 6.07) is 0. The summed E-state index contributed by atoms with van der Waals surface area (Å²) in [6.45, 7) is 5.10. The lowest BCUT2D eigenvalue weighted by Gasteiger charge is -2.06. The molecule has 3 nitrogen and oxygen atoms in total. The zero-order valence-corrected chi connectivity index (χ0v) is 7.30. The molecule has 4 heteroatoms. The van der Waals surface area contributed by atoms with Crippen molar-refractivity contribution >= 4 is 0 Å². The Bertz CT molecular complexity index is 299. The van der Waals surface area contributed by atoms with Crippen LogP contribution in [0.25, 0.3) is 0 Å². The smallest absolute Gasteiger partial charge is 0.234 e. The molecular weight excluding hydrogens is 159 g/mol. The summed E-state index contributed by atoms with van der Waals surface area (Å²) in [5.41, 5.74) is 0.426. The van der Waals surface area contributed by atoms with Gasteiger partial charge in [0.05, 0.1) is 5.69 Å². The number of hydrogen-bond acceptors (Lipinski definition) is 3. The molecule has 1 aromatic rings. The molecule has 0 saturated heterocycles. The van der Waals surface area contributed by atoms with Crippen molar-refractivity contribution in [3.63, 3.8) is 0 Å². The maximum absolute atomic E-state index is 12.8. The van der Waals surface area contributed by atoms with Gasteiger partial charge in [0.1, 0.15) is 5.69 Å². The number of aromatic nitrogens is 2. The van der Waals surface area contributed by atoms with Gasteiger partial charge in [0.2, 0.25) is 11.8 Å². The van der Waals surface area contributed by atoms with Crippen molar-refractivity contribution in [3.8, 4) is 5.88 Å². The van der Waals surface area contributed by atoms with Crippen LogP contribution in [0.15, 0.2) is 0 Å². The Morgan fingerprint density at radius 3 is 2.42 bits per heavy atom. The van der Waals surface area contributed by atoms with E-state index in [0.29, 0.717) is 5.69 Å². The highest BCUT2D eigenvalue weighted by atomic mass is 19.1. The van der Waals surface area contributed by atoms with E-state index in [2.05, 4.69) is 9.97 Å². The zero-order chi connectivity index (χ0) is 9.30. The van der Waals surface area contributed by atoms with Crippen LogP contribution in [0.2, 0.25) is 0 Å². The van der Waals surface area contributed by atoms with Gasteiger partial charge in [0.25, 0.3) is 0 Å². The fourth-order valence-electron chi connectivity index (χ4n) is 0.886. The monoisotopic (exact) mass is 170 g/mol. The molecule has 0 saturated carbocycles. The van der Waals surface area contributed by atoms with E-state index in [4.69, 9.17) is 0 Å². The van der Waals surface area contributed by atoms with Gasteiger partial charge in [-0.05, 0) is 6.92 Å². The first kappa shape index (κ1) is 8.90. The quantitative estimate of drug-likeness (QED) is 0.698. The van der Waals surface area contributed by atoms with E-state index in [-0.39, 0.29) is 17.5 Å². The number of aryl methyl sites for hydroxylation is 1. The molecule has 1 aromatic heterocycles. The predicted octanol–water partition coefficient (Wildman–Crippen LogP) is 1.75. The number of rotatable bonds is 1. The van der Waals surface area contributed by atoms with Crippen LogP contribution in [0, 0.1) is 12.9 Å². The van der Waals surface area contributed by atoms with Crippen LogP contribution >= 0.6 is 0 Å². The number of nitrogens with zero attached hydrogens (tertiary/aromatic N) is 2. The molecule has 0 aliphatic heterocycles. The largest absolute Gasteiger partial charge is 0.492 e. The van der Waals surface area contributed by atoms with Gasteiger partial charge < -0.3 is 5.11 Å². The zero-order valence-electron chi connectivity index (χ0n) is 7.30. The minimum absolute atomic E-state index is 0.0207. The highest BCUT2D eigenvalue weighted by Crippen LogP contribution is 2.21. The molecule has 0 aliphatic carbocycles. The van der Waals surface area contributed by atoms with E-state index < -0.39 is 5.95 Å². The van der Waals surface area contributed by atoms with Crippen LogP contribution in [0.3, 0.4) is 0 Å². The van der Waals surface area contributed by atoms with Crippen molar-refractivity contribution in [2.75, 3.05) is 0 Å². The van der Waals surface area contributed by atoms with Gasteiger partial charge in [-0.25, -0.2) is 9.97 Å². The molecule has 1 rings (SSSR count). The summed E-state index contributed by atoms with van der Waals surface area (Å²) in [5, 5.41) is 9.25. The maximum Gasteiger partial charge on any atom is 0.234 e.